The Labute approximate surface area is 108 Å². The average molecular weight is 300 g/mol. The predicted octanol–water partition coefficient (Wildman–Crippen LogP) is 1.92. The van der Waals surface area contributed by atoms with Crippen molar-refractivity contribution in [3.63, 3.8) is 0 Å². The highest BCUT2D eigenvalue weighted by Crippen LogP contribution is 2.25. The molecule has 0 fully saturated rings. The molecule has 1 unspecified atom stereocenters. The molecule has 1 atom stereocenters. The van der Waals surface area contributed by atoms with Crippen LogP contribution in [-0.2, 0) is 4.79 Å². The third-order valence-corrected chi connectivity index (χ3v) is 3.06. The summed E-state index contributed by atoms with van der Waals surface area (Å²) in [5.41, 5.74) is -0.318. The molecule has 0 spiro atoms. The molecule has 1 heterocycles. The van der Waals surface area contributed by atoms with Crippen LogP contribution in [0.1, 0.15) is 28.5 Å². The van der Waals surface area contributed by atoms with Crippen LogP contribution < -0.4 is 5.32 Å². The second-order valence-electron chi connectivity index (χ2n) is 3.49. The molecule has 1 aromatic heterocycles. The van der Waals surface area contributed by atoms with Crippen LogP contribution in [0.5, 0.6) is 0 Å². The quantitative estimate of drug-likeness (QED) is 0.814. The van der Waals surface area contributed by atoms with Crippen molar-refractivity contribution in [1.29, 1.82) is 0 Å². The molecular formula is C9H8F4N2O3S. The summed E-state index contributed by atoms with van der Waals surface area (Å²) in [6.07, 6.45) is -4.12. The second-order valence-corrected chi connectivity index (χ2v) is 4.38. The van der Waals surface area contributed by atoms with E-state index in [1.54, 1.807) is 5.32 Å². The molecule has 5 nitrogen and oxygen atoms in total. The molecule has 0 radical (unpaired) electrons. The van der Waals surface area contributed by atoms with Gasteiger partial charge in [-0.15, -0.1) is 11.3 Å². The van der Waals surface area contributed by atoms with Gasteiger partial charge in [0.2, 0.25) is 0 Å². The maximum absolute atomic E-state index is 12.7. The third kappa shape index (κ3) is 3.40. The molecule has 0 saturated heterocycles. The zero-order valence-electron chi connectivity index (χ0n) is 9.36. The summed E-state index contributed by atoms with van der Waals surface area (Å²) in [4.78, 5) is 25.1. The number of carboxylic acids is 1. The maximum Gasteiger partial charge on any atom is 0.383 e. The molecule has 0 aromatic carbocycles. The van der Waals surface area contributed by atoms with Crippen molar-refractivity contribution in [2.45, 2.75) is 25.3 Å². The van der Waals surface area contributed by atoms with E-state index in [0.29, 0.717) is 0 Å². The first-order valence-corrected chi connectivity index (χ1v) is 5.69. The van der Waals surface area contributed by atoms with Gasteiger partial charge in [-0.05, 0) is 6.92 Å². The van der Waals surface area contributed by atoms with Crippen molar-refractivity contribution in [3.05, 3.63) is 16.1 Å². The number of carbonyl (C=O) groups is 2. The Morgan fingerprint density at radius 1 is 1.47 bits per heavy atom. The number of alkyl halides is 4. The van der Waals surface area contributed by atoms with Crippen molar-refractivity contribution in [1.82, 2.24) is 10.3 Å². The van der Waals surface area contributed by atoms with Crippen molar-refractivity contribution in [2.75, 3.05) is 0 Å². The molecule has 1 amide bonds. The SMILES string of the molecule is CC(NC(=O)C(F)(F)C(F)F)c1nc(C(=O)O)cs1. The van der Waals surface area contributed by atoms with Gasteiger partial charge in [0.25, 0.3) is 5.91 Å². The Bertz CT molecular complexity index is 492. The standard InChI is InChI=1S/C9H8F4N2O3S/c1-3(5-15-4(2-19-5)6(16)17)14-8(18)9(12,13)7(10)11/h2-3,7H,1H3,(H,14,18)(H,16,17). The molecule has 0 aliphatic heterocycles. The number of hydrogen-bond donors (Lipinski definition) is 2. The first kappa shape index (κ1) is 15.3. The molecule has 2 N–H and O–H groups in total. The summed E-state index contributed by atoms with van der Waals surface area (Å²) < 4.78 is 49.2. The molecule has 19 heavy (non-hydrogen) atoms. The Morgan fingerprint density at radius 3 is 2.47 bits per heavy atom. The molecule has 0 aliphatic carbocycles. The van der Waals surface area contributed by atoms with E-state index in [1.807, 2.05) is 0 Å². The van der Waals surface area contributed by atoms with Gasteiger partial charge in [-0.2, -0.15) is 8.78 Å². The number of nitrogens with one attached hydrogen (secondary N) is 1. The van der Waals surface area contributed by atoms with E-state index in [0.717, 1.165) is 16.7 Å². The van der Waals surface area contributed by atoms with Gasteiger partial charge in [0, 0.05) is 5.38 Å². The molecule has 0 saturated carbocycles. The third-order valence-electron chi connectivity index (χ3n) is 2.04. The van der Waals surface area contributed by atoms with E-state index in [1.165, 1.54) is 6.92 Å². The van der Waals surface area contributed by atoms with Crippen LogP contribution in [0.25, 0.3) is 0 Å². The summed E-state index contributed by atoms with van der Waals surface area (Å²) >= 11 is 0.808. The van der Waals surface area contributed by atoms with E-state index in [2.05, 4.69) is 4.98 Å². The lowest BCUT2D eigenvalue weighted by atomic mass is 10.3. The highest BCUT2D eigenvalue weighted by atomic mass is 32.1. The van der Waals surface area contributed by atoms with Crippen LogP contribution in [0.4, 0.5) is 17.6 Å². The van der Waals surface area contributed by atoms with E-state index in [9.17, 15) is 27.2 Å². The normalized spacial score (nSPS) is 13.4. The number of hydrogen-bond acceptors (Lipinski definition) is 4. The van der Waals surface area contributed by atoms with Crippen molar-refractivity contribution >= 4 is 23.2 Å². The van der Waals surface area contributed by atoms with E-state index in [-0.39, 0.29) is 10.7 Å². The fourth-order valence-corrected chi connectivity index (χ4v) is 1.84. The topological polar surface area (TPSA) is 79.3 Å². The lowest BCUT2D eigenvalue weighted by Crippen LogP contribution is -2.45. The lowest BCUT2D eigenvalue weighted by Gasteiger charge is -2.17. The van der Waals surface area contributed by atoms with E-state index in [4.69, 9.17) is 5.11 Å². The minimum absolute atomic E-state index is 0.0239. The van der Waals surface area contributed by atoms with Crippen LogP contribution in [0.2, 0.25) is 0 Å². The van der Waals surface area contributed by atoms with Gasteiger partial charge in [-0.3, -0.25) is 4.79 Å². The zero-order valence-corrected chi connectivity index (χ0v) is 10.2. The first-order valence-electron chi connectivity index (χ1n) is 4.82. The molecule has 10 heteroatoms. The summed E-state index contributed by atoms with van der Waals surface area (Å²) in [5.74, 6) is -8.26. The summed E-state index contributed by atoms with van der Waals surface area (Å²) in [5, 5.41) is 11.4. The first-order chi connectivity index (χ1) is 8.66. The van der Waals surface area contributed by atoms with Gasteiger partial charge in [0.05, 0.1) is 6.04 Å². The number of amides is 1. The van der Waals surface area contributed by atoms with Crippen LogP contribution >= 0.6 is 11.3 Å². The summed E-state index contributed by atoms with van der Waals surface area (Å²) in [7, 11) is 0. The smallest absolute Gasteiger partial charge is 0.383 e. The summed E-state index contributed by atoms with van der Waals surface area (Å²) in [6.45, 7) is 1.23. The van der Waals surface area contributed by atoms with Gasteiger partial charge >= 0.3 is 18.3 Å². The van der Waals surface area contributed by atoms with Crippen LogP contribution in [0.15, 0.2) is 5.38 Å². The fourth-order valence-electron chi connectivity index (χ4n) is 1.04. The number of thiazole rings is 1. The molecule has 1 aromatic rings. The zero-order chi connectivity index (χ0) is 14.8. The molecule has 106 valence electrons. The van der Waals surface area contributed by atoms with Gasteiger partial charge in [-0.25, -0.2) is 18.6 Å². The molecular weight excluding hydrogens is 292 g/mol. The van der Waals surface area contributed by atoms with Crippen LogP contribution in [0.3, 0.4) is 0 Å². The van der Waals surface area contributed by atoms with Gasteiger partial charge < -0.3 is 10.4 Å². The van der Waals surface area contributed by atoms with Crippen molar-refractivity contribution in [3.8, 4) is 0 Å². The number of aromatic carboxylic acids is 1. The van der Waals surface area contributed by atoms with Gasteiger partial charge in [0.15, 0.2) is 5.69 Å². The number of carboxylic acid groups (broad SMARTS) is 1. The summed E-state index contributed by atoms with van der Waals surface area (Å²) in [6, 6.07) is -1.10. The number of rotatable bonds is 5. The average Bonchev–Trinajstić information content (AvgIpc) is 2.77. The number of nitrogens with zero attached hydrogens (tertiary/aromatic N) is 1. The number of halogens is 4. The highest BCUT2D eigenvalue weighted by Gasteiger charge is 2.49. The minimum atomic E-state index is -4.80. The Kier molecular flexibility index (Phi) is 4.45. The Morgan fingerprint density at radius 2 is 2.05 bits per heavy atom. The fraction of sp³-hybridized carbons (Fsp3) is 0.444. The van der Waals surface area contributed by atoms with E-state index < -0.39 is 30.3 Å². The molecule has 1 rings (SSSR count). The van der Waals surface area contributed by atoms with Crippen molar-refractivity contribution < 1.29 is 32.3 Å². The number of aromatic nitrogens is 1. The predicted molar refractivity (Wildman–Crippen MR) is 56.6 cm³/mol. The maximum atomic E-state index is 12.7. The Balaban J connectivity index is 2.76. The van der Waals surface area contributed by atoms with Gasteiger partial charge in [0.1, 0.15) is 5.01 Å². The molecule has 0 bridgehead atoms. The van der Waals surface area contributed by atoms with Crippen LogP contribution in [0, 0.1) is 0 Å². The highest BCUT2D eigenvalue weighted by molar-refractivity contribution is 7.09. The number of carbonyl (C=O) groups excluding carboxylic acids is 1. The van der Waals surface area contributed by atoms with E-state index >= 15 is 0 Å². The van der Waals surface area contributed by atoms with Crippen molar-refractivity contribution in [2.24, 2.45) is 0 Å². The minimum Gasteiger partial charge on any atom is -0.476 e. The Hall–Kier alpha value is -1.71. The monoisotopic (exact) mass is 300 g/mol. The van der Waals surface area contributed by atoms with Gasteiger partial charge in [-0.1, -0.05) is 0 Å². The largest absolute Gasteiger partial charge is 0.476 e. The lowest BCUT2D eigenvalue weighted by molar-refractivity contribution is -0.170. The molecule has 0 aliphatic rings. The van der Waals surface area contributed by atoms with Crippen LogP contribution in [-0.4, -0.2) is 34.3 Å². The second kappa shape index (κ2) is 5.51.